The maximum absolute atomic E-state index is 6.06. The molecule has 2 heterocycles. The molecule has 0 amide bonds. The van der Waals surface area contributed by atoms with Crippen LogP contribution in [-0.2, 0) is 0 Å². The van der Waals surface area contributed by atoms with Crippen LogP contribution in [0.15, 0.2) is 126 Å². The van der Waals surface area contributed by atoms with Crippen molar-refractivity contribution in [2.45, 2.75) is 0 Å². The second kappa shape index (κ2) is 7.74. The molecule has 0 atom stereocenters. The molecule has 0 aliphatic heterocycles. The molecule has 0 spiro atoms. The van der Waals surface area contributed by atoms with E-state index in [4.69, 9.17) is 14.4 Å². The van der Waals surface area contributed by atoms with Crippen molar-refractivity contribution in [1.82, 2.24) is 9.97 Å². The quantitative estimate of drug-likeness (QED) is 0.235. The van der Waals surface area contributed by atoms with Gasteiger partial charge in [-0.1, -0.05) is 97.1 Å². The SMILES string of the molecule is c1ccc(-c2cnc3c4ccccc4c4ccccc4c3n2)c(-c2ccc3oc4ccccc4c3c2)c1. The van der Waals surface area contributed by atoms with Crippen molar-refractivity contribution in [2.75, 3.05) is 0 Å². The summed E-state index contributed by atoms with van der Waals surface area (Å²) in [6.07, 6.45) is 1.91. The molecule has 3 heteroatoms. The highest BCUT2D eigenvalue weighted by Crippen LogP contribution is 2.38. The minimum Gasteiger partial charge on any atom is -0.456 e. The lowest BCUT2D eigenvalue weighted by atomic mass is 9.96. The van der Waals surface area contributed by atoms with E-state index in [1.54, 1.807) is 0 Å². The van der Waals surface area contributed by atoms with Crippen LogP contribution < -0.4 is 0 Å². The summed E-state index contributed by atoms with van der Waals surface area (Å²) in [6, 6.07) is 39.9. The Kier molecular flexibility index (Phi) is 4.23. The zero-order valence-electron chi connectivity index (χ0n) is 19.8. The van der Waals surface area contributed by atoms with E-state index in [0.717, 1.165) is 66.1 Å². The monoisotopic (exact) mass is 472 g/mol. The molecule has 8 aromatic rings. The first-order valence-corrected chi connectivity index (χ1v) is 12.4. The van der Waals surface area contributed by atoms with Gasteiger partial charge < -0.3 is 4.42 Å². The Morgan fingerprint density at radius 1 is 0.459 bits per heavy atom. The van der Waals surface area contributed by atoms with E-state index < -0.39 is 0 Å². The molecule has 0 fully saturated rings. The lowest BCUT2D eigenvalue weighted by Crippen LogP contribution is -1.93. The predicted molar refractivity (Wildman–Crippen MR) is 153 cm³/mol. The fourth-order valence-corrected chi connectivity index (χ4v) is 5.60. The van der Waals surface area contributed by atoms with Crippen LogP contribution in [0.1, 0.15) is 0 Å². The first-order chi connectivity index (χ1) is 18.3. The number of benzene rings is 6. The highest BCUT2D eigenvalue weighted by Gasteiger charge is 2.15. The molecule has 0 bridgehead atoms. The van der Waals surface area contributed by atoms with Gasteiger partial charge >= 0.3 is 0 Å². The molecule has 37 heavy (non-hydrogen) atoms. The van der Waals surface area contributed by atoms with Crippen LogP contribution in [0.3, 0.4) is 0 Å². The molecule has 172 valence electrons. The van der Waals surface area contributed by atoms with E-state index in [2.05, 4.69) is 103 Å². The highest BCUT2D eigenvalue weighted by molar-refractivity contribution is 6.23. The fourth-order valence-electron chi connectivity index (χ4n) is 5.60. The number of fused-ring (bicyclic) bond motifs is 9. The average molecular weight is 473 g/mol. The Bertz CT molecular complexity index is 2120. The molecular formula is C34H20N2O. The number of rotatable bonds is 2. The van der Waals surface area contributed by atoms with E-state index in [0.29, 0.717) is 0 Å². The van der Waals surface area contributed by atoms with Crippen molar-refractivity contribution in [2.24, 2.45) is 0 Å². The maximum Gasteiger partial charge on any atom is 0.135 e. The van der Waals surface area contributed by atoms with E-state index >= 15 is 0 Å². The summed E-state index contributed by atoms with van der Waals surface area (Å²) in [4.78, 5) is 10.2. The largest absolute Gasteiger partial charge is 0.456 e. The minimum atomic E-state index is 0.862. The second-order valence-electron chi connectivity index (χ2n) is 9.40. The van der Waals surface area contributed by atoms with Gasteiger partial charge in [-0.2, -0.15) is 0 Å². The van der Waals surface area contributed by atoms with E-state index in [1.807, 2.05) is 18.3 Å². The predicted octanol–water partition coefficient (Wildman–Crippen LogP) is 9.17. The average Bonchev–Trinajstić information content (AvgIpc) is 3.35. The van der Waals surface area contributed by atoms with Gasteiger partial charge in [-0.15, -0.1) is 0 Å². The molecule has 0 radical (unpaired) electrons. The maximum atomic E-state index is 6.06. The summed E-state index contributed by atoms with van der Waals surface area (Å²) in [6.45, 7) is 0. The topological polar surface area (TPSA) is 38.9 Å². The summed E-state index contributed by atoms with van der Waals surface area (Å²) < 4.78 is 6.06. The molecule has 0 aliphatic carbocycles. The van der Waals surface area contributed by atoms with Crippen LogP contribution in [0.5, 0.6) is 0 Å². The van der Waals surface area contributed by atoms with Gasteiger partial charge in [-0.05, 0) is 40.1 Å². The first-order valence-electron chi connectivity index (χ1n) is 12.4. The van der Waals surface area contributed by atoms with Gasteiger partial charge in [0.05, 0.1) is 22.9 Å². The van der Waals surface area contributed by atoms with Gasteiger partial charge in [-0.25, -0.2) is 4.98 Å². The van der Waals surface area contributed by atoms with E-state index in [9.17, 15) is 0 Å². The Morgan fingerprint density at radius 2 is 1.05 bits per heavy atom. The van der Waals surface area contributed by atoms with Gasteiger partial charge in [-0.3, -0.25) is 4.98 Å². The third-order valence-corrected chi connectivity index (χ3v) is 7.32. The molecule has 0 N–H and O–H groups in total. The standard InChI is InChI=1S/C34H20N2O/c1-4-12-25(22(9-1)21-17-18-32-29(19-21)26-13-7-8-16-31(26)37-32)30-20-35-33-27-14-5-2-10-23(27)24-11-3-6-15-28(24)34(33)36-30/h1-20H. The molecule has 8 rings (SSSR count). The normalized spacial score (nSPS) is 11.8. The molecule has 0 saturated heterocycles. The number of furan rings is 1. The third-order valence-electron chi connectivity index (χ3n) is 7.32. The van der Waals surface area contributed by atoms with Crippen LogP contribution in [0.2, 0.25) is 0 Å². The molecule has 0 saturated carbocycles. The van der Waals surface area contributed by atoms with E-state index in [1.165, 1.54) is 10.8 Å². The fraction of sp³-hybridized carbons (Fsp3) is 0. The van der Waals surface area contributed by atoms with E-state index in [-0.39, 0.29) is 0 Å². The van der Waals surface area contributed by atoms with Crippen LogP contribution in [-0.4, -0.2) is 9.97 Å². The van der Waals surface area contributed by atoms with Crippen molar-refractivity contribution in [1.29, 1.82) is 0 Å². The Labute approximate surface area is 212 Å². The summed E-state index contributed by atoms with van der Waals surface area (Å²) in [5.41, 5.74) is 7.82. The van der Waals surface area contributed by atoms with Crippen LogP contribution in [0, 0.1) is 0 Å². The summed E-state index contributed by atoms with van der Waals surface area (Å²) in [7, 11) is 0. The zero-order valence-corrected chi connectivity index (χ0v) is 19.8. The lowest BCUT2D eigenvalue weighted by Gasteiger charge is -2.12. The van der Waals surface area contributed by atoms with Gasteiger partial charge in [0.25, 0.3) is 0 Å². The molecular weight excluding hydrogens is 452 g/mol. The number of aromatic nitrogens is 2. The number of nitrogens with zero attached hydrogens (tertiary/aromatic N) is 2. The van der Waals surface area contributed by atoms with Gasteiger partial charge in [0.2, 0.25) is 0 Å². The first kappa shape index (κ1) is 20.2. The van der Waals surface area contributed by atoms with Gasteiger partial charge in [0.15, 0.2) is 0 Å². The molecule has 3 nitrogen and oxygen atoms in total. The Hall–Kier alpha value is -5.02. The summed E-state index contributed by atoms with van der Waals surface area (Å²) >= 11 is 0. The van der Waals surface area contributed by atoms with Crippen molar-refractivity contribution < 1.29 is 4.42 Å². The number of para-hydroxylation sites is 1. The van der Waals surface area contributed by atoms with Gasteiger partial charge in [0.1, 0.15) is 11.2 Å². The number of hydrogen-bond donors (Lipinski definition) is 0. The summed E-state index contributed by atoms with van der Waals surface area (Å²) in [5, 5.41) is 6.89. The van der Waals surface area contributed by atoms with Crippen molar-refractivity contribution in [3.05, 3.63) is 121 Å². The second-order valence-corrected chi connectivity index (χ2v) is 9.40. The third kappa shape index (κ3) is 3.01. The van der Waals surface area contributed by atoms with Crippen LogP contribution in [0.25, 0.3) is 76.9 Å². The van der Waals surface area contributed by atoms with Crippen molar-refractivity contribution >= 4 is 54.5 Å². The van der Waals surface area contributed by atoms with Crippen molar-refractivity contribution in [3.8, 4) is 22.4 Å². The van der Waals surface area contributed by atoms with Gasteiger partial charge in [0, 0.05) is 27.1 Å². The Morgan fingerprint density at radius 3 is 1.84 bits per heavy atom. The smallest absolute Gasteiger partial charge is 0.135 e. The number of hydrogen-bond acceptors (Lipinski definition) is 3. The highest BCUT2D eigenvalue weighted by atomic mass is 16.3. The minimum absolute atomic E-state index is 0.862. The molecule has 2 aromatic heterocycles. The molecule has 0 unspecified atom stereocenters. The Balaban J connectivity index is 1.38. The lowest BCUT2D eigenvalue weighted by molar-refractivity contribution is 0.669. The van der Waals surface area contributed by atoms with Crippen LogP contribution >= 0.6 is 0 Å². The molecule has 6 aromatic carbocycles. The molecule has 0 aliphatic rings. The zero-order chi connectivity index (χ0) is 24.3. The summed E-state index contributed by atoms with van der Waals surface area (Å²) in [5.74, 6) is 0. The van der Waals surface area contributed by atoms with Crippen molar-refractivity contribution in [3.63, 3.8) is 0 Å². The van der Waals surface area contributed by atoms with Crippen LogP contribution in [0.4, 0.5) is 0 Å².